The zero-order valence-electron chi connectivity index (χ0n) is 12.6. The predicted octanol–water partition coefficient (Wildman–Crippen LogP) is 2.45. The van der Waals surface area contributed by atoms with Crippen LogP contribution in [-0.4, -0.2) is 11.0 Å². The lowest BCUT2D eigenvalue weighted by Gasteiger charge is -2.09. The molecule has 24 heavy (non-hydrogen) atoms. The highest BCUT2D eigenvalue weighted by atomic mass is 79.9. The maximum Gasteiger partial charge on any atom is 0.442 e. The van der Waals surface area contributed by atoms with Crippen LogP contribution < -0.4 is 15.7 Å². The Morgan fingerprint density at radius 1 is 1.12 bits per heavy atom. The largest absolute Gasteiger partial charge is 0.442 e. The Bertz CT molecular complexity index is 945. The summed E-state index contributed by atoms with van der Waals surface area (Å²) in [7, 11) is 0. The number of H-pyrrole nitrogens is 1. The average Bonchev–Trinajstić information content (AvgIpc) is 3.24. The molecule has 0 spiro atoms. The highest BCUT2D eigenvalue weighted by molar-refractivity contribution is 9.10. The maximum atomic E-state index is 11.4. The summed E-state index contributed by atoms with van der Waals surface area (Å²) < 4.78 is 6.60. The summed E-state index contributed by atoms with van der Waals surface area (Å²) in [6, 6.07) is 18.3. The van der Waals surface area contributed by atoms with Crippen molar-refractivity contribution in [1.82, 2.24) is 10.7 Å². The van der Waals surface area contributed by atoms with Gasteiger partial charge in [-0.3, -0.25) is 4.52 Å². The van der Waals surface area contributed by atoms with Gasteiger partial charge in [0.05, 0.1) is 11.8 Å². The molecule has 0 saturated carbocycles. The number of hydrogen-bond donors (Lipinski definition) is 2. The van der Waals surface area contributed by atoms with Crippen LogP contribution in [0.4, 0.5) is 0 Å². The molecule has 1 atom stereocenters. The predicted molar refractivity (Wildman–Crippen MR) is 92.0 cm³/mol. The number of nitrogens with one attached hydrogen (secondary N) is 2. The molecule has 7 heteroatoms. The number of aromatic nitrogens is 2. The first-order chi connectivity index (χ1) is 11.7. The molecule has 1 aromatic heterocycles. The lowest BCUT2D eigenvalue weighted by molar-refractivity contribution is -0.680. The number of rotatable bonds is 3. The van der Waals surface area contributed by atoms with Crippen LogP contribution in [0, 0.1) is 0 Å². The minimum Gasteiger partial charge on any atom is -0.302 e. The van der Waals surface area contributed by atoms with Gasteiger partial charge in [-0.2, -0.15) is 5.10 Å². The van der Waals surface area contributed by atoms with Crippen LogP contribution in [0.25, 0.3) is 5.69 Å². The molecule has 0 bridgehead atoms. The SMILES string of the molecule is O=c1o[nH][n+](-c2ccc(C3=NNC(c4ccccc4)C3)cc2)c1Br. The number of benzene rings is 2. The molecule has 0 fully saturated rings. The number of nitrogens with zero attached hydrogens (tertiary/aromatic N) is 2. The lowest BCUT2D eigenvalue weighted by Crippen LogP contribution is -2.34. The molecule has 2 aromatic carbocycles. The van der Waals surface area contributed by atoms with E-state index >= 15 is 0 Å². The van der Waals surface area contributed by atoms with Gasteiger partial charge in [0, 0.05) is 34.5 Å². The van der Waals surface area contributed by atoms with E-state index in [1.165, 1.54) is 10.2 Å². The van der Waals surface area contributed by atoms with Crippen LogP contribution in [0.1, 0.15) is 23.6 Å². The van der Waals surface area contributed by atoms with Crippen molar-refractivity contribution in [2.75, 3.05) is 0 Å². The molecule has 1 unspecified atom stereocenters. The van der Waals surface area contributed by atoms with E-state index in [2.05, 4.69) is 43.9 Å². The van der Waals surface area contributed by atoms with Crippen molar-refractivity contribution in [3.8, 4) is 5.69 Å². The lowest BCUT2D eigenvalue weighted by atomic mass is 9.99. The topological polar surface area (TPSA) is 74.3 Å². The van der Waals surface area contributed by atoms with E-state index in [1.807, 2.05) is 42.5 Å². The van der Waals surface area contributed by atoms with E-state index in [4.69, 9.17) is 4.52 Å². The fourth-order valence-corrected chi connectivity index (χ4v) is 3.09. The molecule has 0 radical (unpaired) electrons. The minimum absolute atomic E-state index is 0.203. The molecule has 6 nitrogen and oxygen atoms in total. The summed E-state index contributed by atoms with van der Waals surface area (Å²) in [5.41, 5.74) is 6.82. The van der Waals surface area contributed by atoms with E-state index in [0.29, 0.717) is 4.60 Å². The number of aromatic amines is 1. The Balaban J connectivity index is 1.54. The van der Waals surface area contributed by atoms with Crippen LogP contribution in [0.15, 0.2) is 73.6 Å². The molecular formula is C17H14BrN4O2+. The van der Waals surface area contributed by atoms with E-state index in [-0.39, 0.29) is 6.04 Å². The molecule has 2 N–H and O–H groups in total. The summed E-state index contributed by atoms with van der Waals surface area (Å²) in [4.78, 5) is 11.4. The molecular weight excluding hydrogens is 372 g/mol. The van der Waals surface area contributed by atoms with Crippen LogP contribution in [-0.2, 0) is 0 Å². The van der Waals surface area contributed by atoms with Gasteiger partial charge >= 0.3 is 10.2 Å². The second kappa shape index (κ2) is 6.09. The molecule has 0 aliphatic carbocycles. The van der Waals surface area contributed by atoms with Crippen molar-refractivity contribution in [2.24, 2.45) is 5.10 Å². The van der Waals surface area contributed by atoms with Gasteiger partial charge in [-0.1, -0.05) is 30.3 Å². The van der Waals surface area contributed by atoms with Gasteiger partial charge in [0.25, 0.3) is 0 Å². The summed E-state index contributed by atoms with van der Waals surface area (Å²) in [6.45, 7) is 0. The molecule has 4 rings (SSSR count). The summed E-state index contributed by atoms with van der Waals surface area (Å²) in [6.07, 6.45) is 0.836. The van der Waals surface area contributed by atoms with Gasteiger partial charge in [0.1, 0.15) is 0 Å². The first kappa shape index (κ1) is 14.9. The average molecular weight is 386 g/mol. The van der Waals surface area contributed by atoms with Gasteiger partial charge < -0.3 is 5.43 Å². The molecule has 2 heterocycles. The van der Waals surface area contributed by atoms with Gasteiger partial charge in [-0.25, -0.2) is 4.79 Å². The van der Waals surface area contributed by atoms with Gasteiger partial charge in [-0.15, -0.1) is 0 Å². The van der Waals surface area contributed by atoms with E-state index in [1.54, 1.807) is 0 Å². The Morgan fingerprint density at radius 3 is 2.54 bits per heavy atom. The number of hydrazone groups is 1. The number of halogens is 1. The summed E-state index contributed by atoms with van der Waals surface area (Å²) in [5, 5.41) is 7.01. The Labute approximate surface area is 145 Å². The zero-order chi connectivity index (χ0) is 16.5. The van der Waals surface area contributed by atoms with Crippen molar-refractivity contribution in [3.63, 3.8) is 0 Å². The molecule has 1 aliphatic heterocycles. The fourth-order valence-electron chi connectivity index (χ4n) is 2.73. The quantitative estimate of drug-likeness (QED) is 0.680. The molecule has 120 valence electrons. The monoisotopic (exact) mass is 385 g/mol. The summed E-state index contributed by atoms with van der Waals surface area (Å²) in [5.74, 6) is 0. The summed E-state index contributed by atoms with van der Waals surface area (Å²) >= 11 is 3.20. The van der Waals surface area contributed by atoms with Crippen molar-refractivity contribution >= 4 is 21.6 Å². The standard InChI is InChI=1S/C17H13BrN4O2/c18-16-17(23)24-21-22(16)13-8-6-12(7-9-13)15-10-14(19-20-15)11-4-2-1-3-5-11/h1-9,14H,10H2,(H-,19,21,23)/p+1. The molecule has 1 aliphatic rings. The maximum absolute atomic E-state index is 11.4. The van der Waals surface area contributed by atoms with Crippen LogP contribution in [0.5, 0.6) is 0 Å². The van der Waals surface area contributed by atoms with Gasteiger partial charge in [-0.05, 0) is 33.2 Å². The van der Waals surface area contributed by atoms with E-state index < -0.39 is 5.63 Å². The first-order valence-electron chi connectivity index (χ1n) is 7.49. The number of hydrogen-bond acceptors (Lipinski definition) is 4. The highest BCUT2D eigenvalue weighted by Crippen LogP contribution is 2.24. The van der Waals surface area contributed by atoms with E-state index in [0.717, 1.165) is 23.4 Å². The third-order valence-corrected chi connectivity index (χ3v) is 4.69. The smallest absolute Gasteiger partial charge is 0.302 e. The first-order valence-corrected chi connectivity index (χ1v) is 8.28. The minimum atomic E-state index is -0.450. The Morgan fingerprint density at radius 2 is 1.88 bits per heavy atom. The van der Waals surface area contributed by atoms with E-state index in [9.17, 15) is 4.79 Å². The molecule has 0 amide bonds. The van der Waals surface area contributed by atoms with Crippen LogP contribution in [0.2, 0.25) is 0 Å². The fraction of sp³-hybridized carbons (Fsp3) is 0.118. The van der Waals surface area contributed by atoms with Crippen molar-refractivity contribution in [2.45, 2.75) is 12.5 Å². The van der Waals surface area contributed by atoms with Crippen LogP contribution in [0.3, 0.4) is 0 Å². The van der Waals surface area contributed by atoms with Gasteiger partial charge in [0.15, 0.2) is 0 Å². The van der Waals surface area contributed by atoms with Crippen molar-refractivity contribution < 1.29 is 9.20 Å². The van der Waals surface area contributed by atoms with Crippen molar-refractivity contribution in [1.29, 1.82) is 0 Å². The van der Waals surface area contributed by atoms with Crippen LogP contribution >= 0.6 is 15.9 Å². The molecule has 0 saturated heterocycles. The second-order valence-electron chi connectivity index (χ2n) is 5.51. The third kappa shape index (κ3) is 2.67. The third-order valence-electron chi connectivity index (χ3n) is 4.01. The highest BCUT2D eigenvalue weighted by Gasteiger charge is 2.23. The normalized spacial score (nSPS) is 16.7. The Kier molecular flexibility index (Phi) is 3.78. The molecule has 3 aromatic rings. The zero-order valence-corrected chi connectivity index (χ0v) is 14.2. The van der Waals surface area contributed by atoms with Crippen molar-refractivity contribution in [3.05, 3.63) is 80.7 Å². The second-order valence-corrected chi connectivity index (χ2v) is 6.26. The Hall–Kier alpha value is -2.67. The van der Waals surface area contributed by atoms with Gasteiger partial charge in [0.2, 0.25) is 5.69 Å².